The van der Waals surface area contributed by atoms with Crippen molar-refractivity contribution in [3.05, 3.63) is 74.9 Å². The number of hydrogen-bond acceptors (Lipinski definition) is 3. The van der Waals surface area contributed by atoms with Gasteiger partial charge in [0.25, 0.3) is 5.91 Å². The van der Waals surface area contributed by atoms with E-state index in [1.807, 2.05) is 37.3 Å². The molecule has 5 nitrogen and oxygen atoms in total. The van der Waals surface area contributed by atoms with Crippen LogP contribution in [0.25, 0.3) is 0 Å². The number of benzene rings is 2. The quantitative estimate of drug-likeness (QED) is 0.356. The lowest BCUT2D eigenvalue weighted by Crippen LogP contribution is -2.46. The van der Waals surface area contributed by atoms with Crippen molar-refractivity contribution in [2.75, 3.05) is 6.61 Å². The summed E-state index contributed by atoms with van der Waals surface area (Å²) in [5, 5.41) is 10.4. The van der Waals surface area contributed by atoms with Gasteiger partial charge in [0.05, 0.1) is 28.3 Å². The number of allylic oxidation sites excluding steroid dienone is 1. The minimum absolute atomic E-state index is 0.204. The summed E-state index contributed by atoms with van der Waals surface area (Å²) in [6.45, 7) is 4.86. The fraction of sp³-hybridized carbons (Fsp3) is 0.304. The van der Waals surface area contributed by atoms with Gasteiger partial charge in [-0.3, -0.25) is 4.79 Å². The van der Waals surface area contributed by atoms with Gasteiger partial charge in [-0.25, -0.2) is 0 Å². The molecular formula is C23H25Cl2N3O2S. The Morgan fingerprint density at radius 1 is 1.19 bits per heavy atom. The van der Waals surface area contributed by atoms with Crippen LogP contribution in [0.1, 0.15) is 43.9 Å². The minimum Gasteiger partial charge on any atom is -0.490 e. The van der Waals surface area contributed by atoms with Gasteiger partial charge in [-0.05, 0) is 48.8 Å². The molecule has 0 radical (unpaired) electrons. The molecule has 31 heavy (non-hydrogen) atoms. The Bertz CT molecular complexity index is 973. The zero-order valence-corrected chi connectivity index (χ0v) is 19.8. The first-order valence-electron chi connectivity index (χ1n) is 10.1. The van der Waals surface area contributed by atoms with Gasteiger partial charge >= 0.3 is 0 Å². The van der Waals surface area contributed by atoms with Gasteiger partial charge in [-0.2, -0.15) is 0 Å². The molecule has 0 saturated heterocycles. The molecule has 3 rings (SSSR count). The van der Waals surface area contributed by atoms with Gasteiger partial charge < -0.3 is 20.7 Å². The van der Waals surface area contributed by atoms with Crippen molar-refractivity contribution in [1.29, 1.82) is 0 Å². The van der Waals surface area contributed by atoms with Crippen molar-refractivity contribution >= 4 is 46.4 Å². The Kier molecular flexibility index (Phi) is 8.18. The first kappa shape index (κ1) is 23.4. The first-order valence-corrected chi connectivity index (χ1v) is 11.3. The van der Waals surface area contributed by atoms with Crippen LogP contribution in [0.15, 0.2) is 53.7 Å². The number of amides is 1. The molecule has 1 atom stereocenters. The highest BCUT2D eigenvalue weighted by Gasteiger charge is 2.30. The van der Waals surface area contributed by atoms with E-state index in [2.05, 4.69) is 22.9 Å². The molecule has 0 saturated carbocycles. The summed E-state index contributed by atoms with van der Waals surface area (Å²) in [6, 6.07) is 12.8. The van der Waals surface area contributed by atoms with Crippen molar-refractivity contribution in [1.82, 2.24) is 16.0 Å². The van der Waals surface area contributed by atoms with E-state index in [1.165, 1.54) is 0 Å². The zero-order valence-electron chi connectivity index (χ0n) is 17.4. The third kappa shape index (κ3) is 5.91. The van der Waals surface area contributed by atoms with Gasteiger partial charge in [-0.15, -0.1) is 0 Å². The molecule has 0 spiro atoms. The molecule has 1 aliphatic rings. The van der Waals surface area contributed by atoms with Crippen LogP contribution in [0.3, 0.4) is 0 Å². The van der Waals surface area contributed by atoms with E-state index in [4.69, 9.17) is 40.2 Å². The van der Waals surface area contributed by atoms with Gasteiger partial charge in [0.15, 0.2) is 10.9 Å². The Labute approximate surface area is 198 Å². The number of ether oxygens (including phenoxy) is 1. The second-order valence-electron chi connectivity index (χ2n) is 7.25. The van der Waals surface area contributed by atoms with E-state index in [0.29, 0.717) is 45.3 Å². The molecule has 2 aromatic carbocycles. The van der Waals surface area contributed by atoms with Gasteiger partial charge in [0.2, 0.25) is 0 Å². The highest BCUT2D eigenvalue weighted by molar-refractivity contribution is 7.80. The predicted molar refractivity (Wildman–Crippen MR) is 129 cm³/mol. The summed E-state index contributed by atoms with van der Waals surface area (Å²) < 4.78 is 5.74. The average Bonchev–Trinajstić information content (AvgIpc) is 2.74. The zero-order chi connectivity index (χ0) is 22.4. The molecule has 1 heterocycles. The lowest BCUT2D eigenvalue weighted by Gasteiger charge is -2.30. The first-order chi connectivity index (χ1) is 14.9. The number of thiocarbonyl (C=S) groups is 1. The summed E-state index contributed by atoms with van der Waals surface area (Å²) in [5.74, 6) is 0.247. The number of unbranched alkanes of at least 4 members (excludes halogenated alkanes) is 1. The molecule has 0 aliphatic carbocycles. The van der Waals surface area contributed by atoms with Crippen molar-refractivity contribution in [3.8, 4) is 5.75 Å². The van der Waals surface area contributed by atoms with Crippen molar-refractivity contribution in [2.45, 2.75) is 39.3 Å². The van der Waals surface area contributed by atoms with E-state index >= 15 is 0 Å². The maximum atomic E-state index is 13.1. The van der Waals surface area contributed by atoms with E-state index in [9.17, 15) is 4.79 Å². The van der Waals surface area contributed by atoms with E-state index in [0.717, 1.165) is 24.0 Å². The molecule has 1 aliphatic heterocycles. The smallest absolute Gasteiger partial charge is 0.251 e. The molecule has 164 valence electrons. The standard InChI is InChI=1S/C23H25Cl2N3O2S/c1-3-4-10-30-21-17(24)11-16(12-18(21)25)20-19(14(2)27-23(31)28-20)22(29)26-13-15-8-6-5-7-9-15/h5-9,11-12,20H,3-4,10,13H2,1-2H3,(H,26,29)(H2,27,28,31)/t20-/m0/s1. The highest BCUT2D eigenvalue weighted by atomic mass is 35.5. The normalized spacial score (nSPS) is 15.9. The second-order valence-corrected chi connectivity index (χ2v) is 8.48. The Morgan fingerprint density at radius 3 is 2.52 bits per heavy atom. The monoisotopic (exact) mass is 477 g/mol. The van der Waals surface area contributed by atoms with Crippen molar-refractivity contribution < 1.29 is 9.53 Å². The minimum atomic E-state index is -0.496. The second kappa shape index (κ2) is 10.8. The van der Waals surface area contributed by atoms with Crippen LogP contribution in [0.2, 0.25) is 10.0 Å². The maximum Gasteiger partial charge on any atom is 0.251 e. The number of nitrogens with one attached hydrogen (secondary N) is 3. The number of halogens is 2. The predicted octanol–water partition coefficient (Wildman–Crippen LogP) is 5.28. The lowest BCUT2D eigenvalue weighted by atomic mass is 9.94. The van der Waals surface area contributed by atoms with Gasteiger partial charge in [0, 0.05) is 12.2 Å². The van der Waals surface area contributed by atoms with Crippen molar-refractivity contribution in [2.24, 2.45) is 0 Å². The number of hydrogen-bond donors (Lipinski definition) is 3. The van der Waals surface area contributed by atoms with E-state index < -0.39 is 6.04 Å². The van der Waals surface area contributed by atoms with Crippen LogP contribution in [0.4, 0.5) is 0 Å². The van der Waals surface area contributed by atoms with Crippen LogP contribution in [-0.4, -0.2) is 17.6 Å². The molecule has 8 heteroatoms. The van der Waals surface area contributed by atoms with Crippen molar-refractivity contribution in [3.63, 3.8) is 0 Å². The van der Waals surface area contributed by atoms with Crippen LogP contribution in [0, 0.1) is 0 Å². The SMILES string of the molecule is CCCCOc1c(Cl)cc([C@@H]2NC(=S)NC(C)=C2C(=O)NCc2ccccc2)cc1Cl. The number of carbonyl (C=O) groups excluding carboxylic acids is 1. The van der Waals surface area contributed by atoms with Crippen LogP contribution >= 0.6 is 35.4 Å². The van der Waals surface area contributed by atoms with Crippen LogP contribution in [0.5, 0.6) is 5.75 Å². The number of rotatable bonds is 8. The molecule has 2 aromatic rings. The van der Waals surface area contributed by atoms with Crippen LogP contribution < -0.4 is 20.7 Å². The lowest BCUT2D eigenvalue weighted by molar-refractivity contribution is -0.118. The topological polar surface area (TPSA) is 62.4 Å². The third-order valence-corrected chi connectivity index (χ3v) is 5.69. The molecule has 1 amide bonds. The fourth-order valence-electron chi connectivity index (χ4n) is 3.32. The van der Waals surface area contributed by atoms with Gasteiger partial charge in [-0.1, -0.05) is 66.9 Å². The maximum absolute atomic E-state index is 13.1. The molecule has 0 fully saturated rings. The summed E-state index contributed by atoms with van der Waals surface area (Å²) >= 11 is 18.3. The van der Waals surface area contributed by atoms with E-state index in [-0.39, 0.29) is 5.91 Å². The Hall–Kier alpha value is -2.28. The van der Waals surface area contributed by atoms with E-state index in [1.54, 1.807) is 12.1 Å². The highest BCUT2D eigenvalue weighted by Crippen LogP contribution is 2.38. The fourth-order valence-corrected chi connectivity index (χ4v) is 4.20. The summed E-state index contributed by atoms with van der Waals surface area (Å²) in [5.41, 5.74) is 2.94. The average molecular weight is 478 g/mol. The largest absolute Gasteiger partial charge is 0.490 e. The number of carbonyl (C=O) groups is 1. The Morgan fingerprint density at radius 2 is 1.87 bits per heavy atom. The van der Waals surface area contributed by atoms with Gasteiger partial charge in [0.1, 0.15) is 0 Å². The summed E-state index contributed by atoms with van der Waals surface area (Å²) in [4.78, 5) is 13.1. The molecular weight excluding hydrogens is 453 g/mol. The molecule has 0 aromatic heterocycles. The molecule has 0 unspecified atom stereocenters. The van der Waals surface area contributed by atoms with Crippen LogP contribution in [-0.2, 0) is 11.3 Å². The summed E-state index contributed by atoms with van der Waals surface area (Å²) in [7, 11) is 0. The third-order valence-electron chi connectivity index (χ3n) is 4.91. The molecule has 3 N–H and O–H groups in total. The summed E-state index contributed by atoms with van der Waals surface area (Å²) in [6.07, 6.45) is 1.92. The Balaban J connectivity index is 1.86. The molecule has 0 bridgehead atoms.